The molecule has 0 bridgehead atoms. The molecule has 5 rings (SSSR count). The van der Waals surface area contributed by atoms with Crippen molar-refractivity contribution in [2.24, 2.45) is 0 Å². The minimum Gasteiger partial charge on any atom is -0.338 e. The standard InChI is InChI=1S/C24H24FN7O/c1-15(2)32-14-28-22-20(32)13-19(30-23(22)25)18-8-10-26-21(29-18)12-16-4-6-17(7-5-16)31-11-3-9-27-24(31)33/h4-8,10,13-15H,3,9,11-12H2,1-2H3,(H,27,33). The van der Waals surface area contributed by atoms with Gasteiger partial charge in [0.2, 0.25) is 5.95 Å². The van der Waals surface area contributed by atoms with Crippen LogP contribution in [0.2, 0.25) is 0 Å². The molecular formula is C24H24FN7O. The number of nitrogens with zero attached hydrogens (tertiary/aromatic N) is 6. The Balaban J connectivity index is 1.40. The summed E-state index contributed by atoms with van der Waals surface area (Å²) in [6.45, 7) is 5.46. The van der Waals surface area contributed by atoms with Gasteiger partial charge in [-0.1, -0.05) is 12.1 Å². The van der Waals surface area contributed by atoms with Crippen molar-refractivity contribution in [1.29, 1.82) is 0 Å². The van der Waals surface area contributed by atoms with E-state index in [1.54, 1.807) is 23.5 Å². The van der Waals surface area contributed by atoms with Crippen LogP contribution in [-0.2, 0) is 6.42 Å². The molecule has 168 valence electrons. The number of anilines is 1. The number of halogens is 1. The summed E-state index contributed by atoms with van der Waals surface area (Å²) in [5, 5.41) is 2.86. The number of nitrogens with one attached hydrogen (secondary N) is 1. The fraction of sp³-hybridized carbons (Fsp3) is 0.292. The maximum atomic E-state index is 14.6. The highest BCUT2D eigenvalue weighted by atomic mass is 19.1. The first kappa shape index (κ1) is 21.0. The molecule has 1 N–H and O–H groups in total. The van der Waals surface area contributed by atoms with Gasteiger partial charge in [-0.25, -0.2) is 24.7 Å². The van der Waals surface area contributed by atoms with E-state index in [9.17, 15) is 9.18 Å². The van der Waals surface area contributed by atoms with Crippen molar-refractivity contribution in [2.45, 2.75) is 32.7 Å². The number of hydrogen-bond donors (Lipinski definition) is 1. The number of fused-ring (bicyclic) bond motifs is 1. The zero-order valence-electron chi connectivity index (χ0n) is 18.5. The van der Waals surface area contributed by atoms with Crippen LogP contribution in [0.5, 0.6) is 0 Å². The van der Waals surface area contributed by atoms with Gasteiger partial charge in [-0.05, 0) is 50.1 Å². The van der Waals surface area contributed by atoms with E-state index >= 15 is 0 Å². The third kappa shape index (κ3) is 4.13. The Kier molecular flexibility index (Phi) is 5.45. The van der Waals surface area contributed by atoms with Gasteiger partial charge in [-0.3, -0.25) is 4.90 Å². The Hall–Kier alpha value is -3.88. The minimum atomic E-state index is -0.612. The second-order valence-corrected chi connectivity index (χ2v) is 8.35. The number of aromatic nitrogens is 5. The number of hydrogen-bond acceptors (Lipinski definition) is 5. The van der Waals surface area contributed by atoms with E-state index in [-0.39, 0.29) is 17.6 Å². The highest BCUT2D eigenvalue weighted by Crippen LogP contribution is 2.25. The average Bonchev–Trinajstić information content (AvgIpc) is 3.25. The lowest BCUT2D eigenvalue weighted by Gasteiger charge is -2.27. The van der Waals surface area contributed by atoms with Gasteiger partial charge in [0, 0.05) is 37.4 Å². The molecule has 1 fully saturated rings. The Labute approximate surface area is 190 Å². The number of imidazole rings is 1. The number of amides is 2. The maximum Gasteiger partial charge on any atom is 0.321 e. The van der Waals surface area contributed by atoms with E-state index in [0.717, 1.165) is 17.7 Å². The molecule has 8 nitrogen and oxygen atoms in total. The predicted octanol–water partition coefficient (Wildman–Crippen LogP) is 4.12. The van der Waals surface area contributed by atoms with Crippen molar-refractivity contribution in [2.75, 3.05) is 18.0 Å². The van der Waals surface area contributed by atoms with Crippen LogP contribution < -0.4 is 10.2 Å². The molecule has 4 aromatic rings. The van der Waals surface area contributed by atoms with E-state index in [0.29, 0.717) is 42.2 Å². The molecule has 1 aliphatic heterocycles. The number of rotatable bonds is 5. The summed E-state index contributed by atoms with van der Waals surface area (Å²) in [5.74, 6) is -0.00459. The summed E-state index contributed by atoms with van der Waals surface area (Å²) in [7, 11) is 0. The lowest BCUT2D eigenvalue weighted by atomic mass is 10.1. The van der Waals surface area contributed by atoms with Crippen LogP contribution in [0.4, 0.5) is 14.9 Å². The van der Waals surface area contributed by atoms with Crippen LogP contribution in [0.1, 0.15) is 37.7 Å². The molecule has 0 radical (unpaired) electrons. The monoisotopic (exact) mass is 445 g/mol. The van der Waals surface area contributed by atoms with E-state index < -0.39 is 5.95 Å². The molecule has 33 heavy (non-hydrogen) atoms. The van der Waals surface area contributed by atoms with Crippen LogP contribution in [0, 0.1) is 5.95 Å². The van der Waals surface area contributed by atoms with Gasteiger partial charge in [-0.15, -0.1) is 0 Å². The SMILES string of the molecule is CC(C)n1cnc2c(F)nc(-c3ccnc(Cc4ccc(N5CCCNC5=O)cc4)n3)cc21. The van der Waals surface area contributed by atoms with Crippen molar-refractivity contribution >= 4 is 22.8 Å². The molecule has 3 aromatic heterocycles. The number of carbonyl (C=O) groups excluding carboxylic acids is 1. The summed E-state index contributed by atoms with van der Waals surface area (Å²) < 4.78 is 16.5. The van der Waals surface area contributed by atoms with Gasteiger partial charge in [0.25, 0.3) is 0 Å². The molecule has 1 saturated heterocycles. The van der Waals surface area contributed by atoms with E-state index in [2.05, 4.69) is 25.3 Å². The van der Waals surface area contributed by atoms with Crippen molar-refractivity contribution in [3.05, 3.63) is 66.3 Å². The molecule has 0 saturated carbocycles. The van der Waals surface area contributed by atoms with Crippen LogP contribution in [-0.4, -0.2) is 43.6 Å². The molecule has 2 amide bonds. The highest BCUT2D eigenvalue weighted by molar-refractivity contribution is 5.92. The zero-order chi connectivity index (χ0) is 22.9. The zero-order valence-corrected chi connectivity index (χ0v) is 18.5. The predicted molar refractivity (Wildman–Crippen MR) is 124 cm³/mol. The first-order chi connectivity index (χ1) is 16.0. The molecular weight excluding hydrogens is 421 g/mol. The highest BCUT2D eigenvalue weighted by Gasteiger charge is 2.19. The topological polar surface area (TPSA) is 88.8 Å². The molecule has 0 atom stereocenters. The Morgan fingerprint density at radius 1 is 1.09 bits per heavy atom. The lowest BCUT2D eigenvalue weighted by molar-refractivity contribution is 0.243. The summed E-state index contributed by atoms with van der Waals surface area (Å²) >= 11 is 0. The molecule has 0 aliphatic carbocycles. The fourth-order valence-electron chi connectivity index (χ4n) is 4.01. The van der Waals surface area contributed by atoms with Gasteiger partial charge in [-0.2, -0.15) is 4.39 Å². The maximum absolute atomic E-state index is 14.6. The Morgan fingerprint density at radius 3 is 2.67 bits per heavy atom. The molecule has 9 heteroatoms. The molecule has 1 aromatic carbocycles. The fourth-order valence-corrected chi connectivity index (χ4v) is 4.01. The number of benzene rings is 1. The van der Waals surface area contributed by atoms with Gasteiger partial charge < -0.3 is 9.88 Å². The van der Waals surface area contributed by atoms with Crippen molar-refractivity contribution in [3.8, 4) is 11.4 Å². The van der Waals surface area contributed by atoms with Crippen molar-refractivity contribution < 1.29 is 9.18 Å². The third-order valence-electron chi connectivity index (χ3n) is 5.73. The van der Waals surface area contributed by atoms with E-state index in [1.807, 2.05) is 48.7 Å². The average molecular weight is 446 g/mol. The van der Waals surface area contributed by atoms with Gasteiger partial charge in [0.15, 0.2) is 0 Å². The van der Waals surface area contributed by atoms with E-state index in [4.69, 9.17) is 0 Å². The van der Waals surface area contributed by atoms with Crippen molar-refractivity contribution in [1.82, 2.24) is 29.8 Å². The molecule has 4 heterocycles. The molecule has 0 unspecified atom stereocenters. The van der Waals surface area contributed by atoms with Gasteiger partial charge in [0.1, 0.15) is 11.3 Å². The van der Waals surface area contributed by atoms with Crippen LogP contribution >= 0.6 is 0 Å². The Morgan fingerprint density at radius 2 is 1.91 bits per heavy atom. The smallest absolute Gasteiger partial charge is 0.321 e. The quantitative estimate of drug-likeness (QED) is 0.467. The Bertz CT molecular complexity index is 1320. The van der Waals surface area contributed by atoms with Gasteiger partial charge in [0.05, 0.1) is 23.2 Å². The van der Waals surface area contributed by atoms with Crippen molar-refractivity contribution in [3.63, 3.8) is 0 Å². The lowest BCUT2D eigenvalue weighted by Crippen LogP contribution is -2.46. The second kappa shape index (κ2) is 8.57. The third-order valence-corrected chi connectivity index (χ3v) is 5.73. The normalized spacial score (nSPS) is 14.2. The van der Waals surface area contributed by atoms with E-state index in [1.165, 1.54) is 0 Å². The summed E-state index contributed by atoms with van der Waals surface area (Å²) in [6.07, 6.45) is 4.72. The number of urea groups is 1. The van der Waals surface area contributed by atoms with Crippen LogP contribution in [0.25, 0.3) is 22.4 Å². The summed E-state index contributed by atoms with van der Waals surface area (Å²) in [4.78, 5) is 31.0. The summed E-state index contributed by atoms with van der Waals surface area (Å²) in [5.41, 5.74) is 3.81. The number of carbonyl (C=O) groups is 1. The first-order valence-electron chi connectivity index (χ1n) is 11.0. The largest absolute Gasteiger partial charge is 0.338 e. The molecule has 1 aliphatic rings. The molecule has 0 spiro atoms. The van der Waals surface area contributed by atoms with Crippen LogP contribution in [0.3, 0.4) is 0 Å². The summed E-state index contributed by atoms with van der Waals surface area (Å²) in [6, 6.07) is 11.4. The first-order valence-corrected chi connectivity index (χ1v) is 11.0. The number of pyridine rings is 1. The van der Waals surface area contributed by atoms with Gasteiger partial charge >= 0.3 is 6.03 Å². The second-order valence-electron chi connectivity index (χ2n) is 8.35. The van der Waals surface area contributed by atoms with Crippen LogP contribution in [0.15, 0.2) is 48.9 Å². The minimum absolute atomic E-state index is 0.0689.